The monoisotopic (exact) mass is 321 g/mol. The molecule has 4 N–H and O–H groups in total. The van der Waals surface area contributed by atoms with Crippen molar-refractivity contribution in [1.29, 1.82) is 0 Å². The molecule has 1 aromatic carbocycles. The minimum absolute atomic E-state index is 0.224. The number of anilines is 1. The van der Waals surface area contributed by atoms with E-state index in [-0.39, 0.29) is 13.0 Å². The molecule has 1 aliphatic heterocycles. The summed E-state index contributed by atoms with van der Waals surface area (Å²) in [5.41, 5.74) is 1.21. The Morgan fingerprint density at radius 2 is 2.09 bits per heavy atom. The number of hydrogen-bond donors (Lipinski definition) is 4. The highest BCUT2D eigenvalue weighted by Crippen LogP contribution is 2.24. The average molecular weight is 321 g/mol. The lowest BCUT2D eigenvalue weighted by Gasteiger charge is -2.37. The third-order valence-corrected chi connectivity index (χ3v) is 4.03. The summed E-state index contributed by atoms with van der Waals surface area (Å²) in [5.74, 6) is 0. The van der Waals surface area contributed by atoms with Crippen LogP contribution in [-0.4, -0.2) is 46.5 Å². The largest absolute Gasteiger partial charge is 0.422 e. The lowest BCUT2D eigenvalue weighted by atomic mass is 10.0. The summed E-state index contributed by atoms with van der Waals surface area (Å²) < 4.78 is 10.4. The van der Waals surface area contributed by atoms with E-state index < -0.39 is 30.2 Å². The van der Waals surface area contributed by atoms with Gasteiger partial charge in [-0.05, 0) is 25.1 Å². The minimum atomic E-state index is -1.16. The Labute approximate surface area is 132 Å². The highest BCUT2D eigenvalue weighted by atomic mass is 16.6. The highest BCUT2D eigenvalue weighted by molar-refractivity contribution is 5.80. The van der Waals surface area contributed by atoms with Crippen molar-refractivity contribution in [3.8, 4) is 0 Å². The van der Waals surface area contributed by atoms with Crippen molar-refractivity contribution < 1.29 is 24.5 Å². The maximum atomic E-state index is 11.6. The lowest BCUT2D eigenvalue weighted by Crippen LogP contribution is -2.51. The van der Waals surface area contributed by atoms with Gasteiger partial charge >= 0.3 is 5.63 Å². The van der Waals surface area contributed by atoms with Gasteiger partial charge in [0.2, 0.25) is 0 Å². The van der Waals surface area contributed by atoms with Gasteiger partial charge in [0.1, 0.15) is 11.7 Å². The van der Waals surface area contributed by atoms with Crippen molar-refractivity contribution in [2.45, 2.75) is 37.9 Å². The average Bonchev–Trinajstić information content (AvgIpc) is 2.52. The maximum Gasteiger partial charge on any atom is 0.339 e. The van der Waals surface area contributed by atoms with Crippen LogP contribution in [0.4, 0.5) is 5.69 Å². The SMILES string of the molecule is Cc1cc2ccc(NC3C[C@H](O)C(CO)O[C@H]3O)cc2oc1=O. The smallest absolute Gasteiger partial charge is 0.339 e. The van der Waals surface area contributed by atoms with Gasteiger partial charge in [0.25, 0.3) is 0 Å². The molecule has 1 saturated heterocycles. The van der Waals surface area contributed by atoms with E-state index >= 15 is 0 Å². The van der Waals surface area contributed by atoms with E-state index in [2.05, 4.69) is 5.32 Å². The Kier molecular flexibility index (Phi) is 4.36. The van der Waals surface area contributed by atoms with Crippen LogP contribution in [0.25, 0.3) is 11.0 Å². The fourth-order valence-electron chi connectivity index (χ4n) is 2.71. The van der Waals surface area contributed by atoms with Crippen molar-refractivity contribution in [3.05, 3.63) is 40.2 Å². The van der Waals surface area contributed by atoms with E-state index in [1.54, 1.807) is 31.2 Å². The van der Waals surface area contributed by atoms with Crippen LogP contribution < -0.4 is 10.9 Å². The van der Waals surface area contributed by atoms with E-state index in [9.17, 15) is 15.0 Å². The number of aliphatic hydroxyl groups is 3. The first kappa shape index (κ1) is 15.9. The number of fused-ring (bicyclic) bond motifs is 1. The van der Waals surface area contributed by atoms with E-state index in [0.29, 0.717) is 16.8 Å². The van der Waals surface area contributed by atoms with Gasteiger partial charge < -0.3 is 29.8 Å². The second-order valence-electron chi connectivity index (χ2n) is 5.77. The van der Waals surface area contributed by atoms with Gasteiger partial charge in [-0.1, -0.05) is 0 Å². The Morgan fingerprint density at radius 3 is 2.83 bits per heavy atom. The topological polar surface area (TPSA) is 112 Å². The maximum absolute atomic E-state index is 11.6. The number of rotatable bonds is 3. The van der Waals surface area contributed by atoms with Crippen LogP contribution in [0.5, 0.6) is 0 Å². The van der Waals surface area contributed by atoms with Gasteiger partial charge in [-0.25, -0.2) is 4.79 Å². The number of nitrogens with one attached hydrogen (secondary N) is 1. The second kappa shape index (κ2) is 6.29. The molecule has 4 atom stereocenters. The zero-order chi connectivity index (χ0) is 16.6. The molecule has 2 aromatic rings. The fraction of sp³-hybridized carbons (Fsp3) is 0.438. The van der Waals surface area contributed by atoms with E-state index in [1.165, 1.54) is 0 Å². The highest BCUT2D eigenvalue weighted by Gasteiger charge is 2.35. The summed E-state index contributed by atoms with van der Waals surface area (Å²) in [6.07, 6.45) is -2.60. The van der Waals surface area contributed by atoms with Crippen LogP contribution in [0.15, 0.2) is 33.5 Å². The first-order chi connectivity index (χ1) is 11.0. The van der Waals surface area contributed by atoms with Crippen LogP contribution in [0.2, 0.25) is 0 Å². The van der Waals surface area contributed by atoms with Gasteiger partial charge in [0.15, 0.2) is 6.29 Å². The van der Waals surface area contributed by atoms with Gasteiger partial charge in [-0.15, -0.1) is 0 Å². The quantitative estimate of drug-likeness (QED) is 0.603. The molecule has 0 radical (unpaired) electrons. The molecule has 2 unspecified atom stereocenters. The predicted octanol–water partition coefficient (Wildman–Crippen LogP) is 0.342. The van der Waals surface area contributed by atoms with Crippen LogP contribution >= 0.6 is 0 Å². The molecule has 0 aliphatic carbocycles. The van der Waals surface area contributed by atoms with Crippen molar-refractivity contribution in [3.63, 3.8) is 0 Å². The summed E-state index contributed by atoms with van der Waals surface area (Å²) >= 11 is 0. The molecule has 0 spiro atoms. The summed E-state index contributed by atoms with van der Waals surface area (Å²) in [6, 6.07) is 6.46. The zero-order valence-corrected chi connectivity index (χ0v) is 12.6. The molecule has 1 aliphatic rings. The first-order valence-corrected chi connectivity index (χ1v) is 7.41. The molecule has 1 fully saturated rings. The Morgan fingerprint density at radius 1 is 1.30 bits per heavy atom. The molecule has 0 saturated carbocycles. The molecule has 23 heavy (non-hydrogen) atoms. The predicted molar refractivity (Wildman–Crippen MR) is 83.2 cm³/mol. The van der Waals surface area contributed by atoms with Crippen LogP contribution in [0.1, 0.15) is 12.0 Å². The minimum Gasteiger partial charge on any atom is -0.422 e. The molecule has 7 nitrogen and oxygen atoms in total. The molecule has 0 bridgehead atoms. The van der Waals surface area contributed by atoms with Crippen LogP contribution in [0, 0.1) is 6.92 Å². The molecule has 2 heterocycles. The third kappa shape index (κ3) is 3.23. The Balaban J connectivity index is 1.81. The summed E-state index contributed by atoms with van der Waals surface area (Å²) in [7, 11) is 0. The molecular formula is C16H19NO6. The molecular weight excluding hydrogens is 302 g/mol. The summed E-state index contributed by atoms with van der Waals surface area (Å²) in [6.45, 7) is 1.33. The summed E-state index contributed by atoms with van der Waals surface area (Å²) in [5, 5.41) is 32.8. The standard InChI is InChI=1S/C16H19NO6/c1-8-4-9-2-3-10(5-13(9)22-15(8)20)17-11-6-12(19)14(7-18)23-16(11)21/h2-5,11-12,14,16-19,21H,6-7H2,1H3/t11?,12-,14?,16+/m0/s1. The summed E-state index contributed by atoms with van der Waals surface area (Å²) in [4.78, 5) is 11.6. The van der Waals surface area contributed by atoms with E-state index in [0.717, 1.165) is 5.39 Å². The Bertz CT molecular complexity index is 758. The van der Waals surface area contributed by atoms with Crippen LogP contribution in [0.3, 0.4) is 0 Å². The van der Waals surface area contributed by atoms with Crippen molar-refractivity contribution in [1.82, 2.24) is 0 Å². The second-order valence-corrected chi connectivity index (χ2v) is 5.77. The number of aliphatic hydroxyl groups excluding tert-OH is 3. The lowest BCUT2D eigenvalue weighted by molar-refractivity contribution is -0.212. The van der Waals surface area contributed by atoms with Crippen molar-refractivity contribution in [2.24, 2.45) is 0 Å². The first-order valence-electron chi connectivity index (χ1n) is 7.41. The van der Waals surface area contributed by atoms with Gasteiger partial charge in [-0.2, -0.15) is 0 Å². The van der Waals surface area contributed by atoms with Gasteiger partial charge in [0, 0.05) is 29.1 Å². The number of aryl methyl sites for hydroxylation is 1. The van der Waals surface area contributed by atoms with E-state index in [4.69, 9.17) is 14.3 Å². The number of hydrogen-bond acceptors (Lipinski definition) is 7. The van der Waals surface area contributed by atoms with Gasteiger partial charge in [0.05, 0.1) is 18.8 Å². The molecule has 3 rings (SSSR count). The number of benzene rings is 1. The normalized spacial score (nSPS) is 28.0. The molecule has 1 aromatic heterocycles. The zero-order valence-electron chi connectivity index (χ0n) is 12.6. The number of ether oxygens (including phenoxy) is 1. The van der Waals surface area contributed by atoms with Crippen LogP contribution in [-0.2, 0) is 4.74 Å². The molecule has 0 amide bonds. The third-order valence-electron chi connectivity index (χ3n) is 4.03. The fourth-order valence-corrected chi connectivity index (χ4v) is 2.71. The van der Waals surface area contributed by atoms with Gasteiger partial charge in [-0.3, -0.25) is 0 Å². The van der Waals surface area contributed by atoms with E-state index in [1.807, 2.05) is 0 Å². The Hall–Kier alpha value is -1.93. The van der Waals surface area contributed by atoms with Crippen molar-refractivity contribution >= 4 is 16.7 Å². The molecule has 7 heteroatoms. The van der Waals surface area contributed by atoms with Crippen molar-refractivity contribution in [2.75, 3.05) is 11.9 Å². The molecule has 124 valence electrons.